The Balaban J connectivity index is 1.95. The lowest BCUT2D eigenvalue weighted by atomic mass is 10.1. The van der Waals surface area contributed by atoms with Crippen molar-refractivity contribution in [3.05, 3.63) is 46.8 Å². The second-order valence-electron chi connectivity index (χ2n) is 4.14. The summed E-state index contributed by atoms with van der Waals surface area (Å²) in [5, 5.41) is 20.0. The lowest BCUT2D eigenvalue weighted by Gasteiger charge is -2.06. The van der Waals surface area contributed by atoms with Crippen LogP contribution in [0.2, 0.25) is 0 Å². The SMILES string of the molecule is Cc1n[nH]c(C)c1CNCc1ccccc1O. The van der Waals surface area contributed by atoms with Crippen LogP contribution < -0.4 is 5.32 Å². The lowest BCUT2D eigenvalue weighted by Crippen LogP contribution is -2.13. The van der Waals surface area contributed by atoms with Gasteiger partial charge in [-0.15, -0.1) is 0 Å². The number of hydrogen-bond acceptors (Lipinski definition) is 3. The third kappa shape index (κ3) is 2.65. The number of aromatic hydroxyl groups is 1. The summed E-state index contributed by atoms with van der Waals surface area (Å²) in [6.45, 7) is 5.40. The molecular formula is C13H17N3O. The van der Waals surface area contributed by atoms with E-state index in [1.807, 2.05) is 32.0 Å². The molecule has 4 heteroatoms. The summed E-state index contributed by atoms with van der Waals surface area (Å²) in [4.78, 5) is 0. The van der Waals surface area contributed by atoms with Crippen LogP contribution in [0, 0.1) is 13.8 Å². The van der Waals surface area contributed by atoms with Gasteiger partial charge in [-0.1, -0.05) is 18.2 Å². The van der Waals surface area contributed by atoms with Gasteiger partial charge in [-0.25, -0.2) is 0 Å². The van der Waals surface area contributed by atoms with Gasteiger partial charge in [-0.05, 0) is 19.9 Å². The van der Waals surface area contributed by atoms with E-state index < -0.39 is 0 Å². The first-order valence-electron chi connectivity index (χ1n) is 5.66. The van der Waals surface area contributed by atoms with E-state index in [1.165, 1.54) is 5.56 Å². The summed E-state index contributed by atoms with van der Waals surface area (Å²) >= 11 is 0. The largest absolute Gasteiger partial charge is 0.508 e. The number of hydrogen-bond donors (Lipinski definition) is 3. The molecule has 0 saturated heterocycles. The summed E-state index contributed by atoms with van der Waals surface area (Å²) in [5.41, 5.74) is 4.21. The Morgan fingerprint density at radius 3 is 2.65 bits per heavy atom. The van der Waals surface area contributed by atoms with Crippen molar-refractivity contribution in [3.8, 4) is 5.75 Å². The van der Waals surface area contributed by atoms with E-state index in [2.05, 4.69) is 15.5 Å². The first kappa shape index (κ1) is 11.7. The van der Waals surface area contributed by atoms with Gasteiger partial charge >= 0.3 is 0 Å². The van der Waals surface area contributed by atoms with E-state index in [-0.39, 0.29) is 0 Å². The molecular weight excluding hydrogens is 214 g/mol. The van der Waals surface area contributed by atoms with Crippen molar-refractivity contribution >= 4 is 0 Å². The number of phenols is 1. The number of rotatable bonds is 4. The fraction of sp³-hybridized carbons (Fsp3) is 0.308. The number of nitrogens with one attached hydrogen (secondary N) is 2. The summed E-state index contributed by atoms with van der Waals surface area (Å²) in [5.74, 6) is 0.334. The first-order valence-corrected chi connectivity index (χ1v) is 5.66. The number of aromatic amines is 1. The Morgan fingerprint density at radius 2 is 2.00 bits per heavy atom. The van der Waals surface area contributed by atoms with E-state index in [4.69, 9.17) is 0 Å². The average Bonchev–Trinajstić information content (AvgIpc) is 2.63. The highest BCUT2D eigenvalue weighted by atomic mass is 16.3. The fourth-order valence-electron chi connectivity index (χ4n) is 1.82. The zero-order valence-electron chi connectivity index (χ0n) is 10.1. The normalized spacial score (nSPS) is 10.7. The van der Waals surface area contributed by atoms with Crippen LogP contribution in [-0.2, 0) is 13.1 Å². The summed E-state index contributed by atoms with van der Waals surface area (Å²) < 4.78 is 0. The van der Waals surface area contributed by atoms with E-state index in [0.717, 1.165) is 23.5 Å². The molecule has 0 fully saturated rings. The molecule has 2 aromatic rings. The van der Waals surface area contributed by atoms with E-state index >= 15 is 0 Å². The molecule has 0 atom stereocenters. The maximum Gasteiger partial charge on any atom is 0.120 e. The van der Waals surface area contributed by atoms with Crippen molar-refractivity contribution in [2.45, 2.75) is 26.9 Å². The smallest absolute Gasteiger partial charge is 0.120 e. The van der Waals surface area contributed by atoms with Gasteiger partial charge in [-0.3, -0.25) is 5.10 Å². The van der Waals surface area contributed by atoms with Gasteiger partial charge in [0.15, 0.2) is 0 Å². The van der Waals surface area contributed by atoms with Crippen molar-refractivity contribution in [2.75, 3.05) is 0 Å². The van der Waals surface area contributed by atoms with Gasteiger partial charge in [-0.2, -0.15) is 5.10 Å². The number of phenolic OH excluding ortho intramolecular Hbond substituents is 1. The van der Waals surface area contributed by atoms with Gasteiger partial charge in [0.05, 0.1) is 5.69 Å². The molecule has 0 spiro atoms. The van der Waals surface area contributed by atoms with E-state index in [9.17, 15) is 5.11 Å². The standard InChI is InChI=1S/C13H17N3O/c1-9-12(10(2)16-15-9)8-14-7-11-5-3-4-6-13(11)17/h3-6,14,17H,7-8H2,1-2H3,(H,15,16). The second kappa shape index (κ2) is 5.01. The molecule has 0 aliphatic heterocycles. The van der Waals surface area contributed by atoms with Crippen LogP contribution in [0.5, 0.6) is 5.75 Å². The van der Waals surface area contributed by atoms with Crippen molar-refractivity contribution in [3.63, 3.8) is 0 Å². The third-order valence-corrected chi connectivity index (χ3v) is 2.89. The minimum atomic E-state index is 0.334. The van der Waals surface area contributed by atoms with Gasteiger partial charge in [0.2, 0.25) is 0 Å². The number of benzene rings is 1. The van der Waals surface area contributed by atoms with Gasteiger partial charge in [0, 0.05) is 29.9 Å². The highest BCUT2D eigenvalue weighted by Gasteiger charge is 2.06. The molecule has 3 N–H and O–H groups in total. The predicted octanol–water partition coefficient (Wildman–Crippen LogP) is 2.02. The maximum atomic E-state index is 9.62. The Hall–Kier alpha value is -1.81. The number of H-pyrrole nitrogens is 1. The molecule has 0 radical (unpaired) electrons. The molecule has 1 aromatic carbocycles. The van der Waals surface area contributed by atoms with Crippen LogP contribution in [-0.4, -0.2) is 15.3 Å². The first-order chi connectivity index (χ1) is 8.18. The lowest BCUT2D eigenvalue weighted by molar-refractivity contribution is 0.464. The average molecular weight is 231 g/mol. The van der Waals surface area contributed by atoms with Gasteiger partial charge in [0.25, 0.3) is 0 Å². The van der Waals surface area contributed by atoms with Crippen molar-refractivity contribution < 1.29 is 5.11 Å². The molecule has 0 saturated carbocycles. The number of nitrogens with zero attached hydrogens (tertiary/aromatic N) is 1. The molecule has 1 heterocycles. The Labute approximate surface area is 101 Å². The molecule has 0 unspecified atom stereocenters. The number of para-hydroxylation sites is 1. The maximum absolute atomic E-state index is 9.62. The van der Waals surface area contributed by atoms with E-state index in [0.29, 0.717) is 12.3 Å². The molecule has 0 aliphatic rings. The Bertz CT molecular complexity index is 486. The van der Waals surface area contributed by atoms with Crippen LogP contribution in [0.3, 0.4) is 0 Å². The van der Waals surface area contributed by atoms with Crippen LogP contribution >= 0.6 is 0 Å². The second-order valence-corrected chi connectivity index (χ2v) is 4.14. The van der Waals surface area contributed by atoms with E-state index in [1.54, 1.807) is 6.07 Å². The molecule has 90 valence electrons. The fourth-order valence-corrected chi connectivity index (χ4v) is 1.82. The molecule has 0 aliphatic carbocycles. The molecule has 0 amide bonds. The van der Waals surface area contributed by atoms with Crippen LogP contribution in [0.25, 0.3) is 0 Å². The minimum Gasteiger partial charge on any atom is -0.508 e. The zero-order valence-corrected chi connectivity index (χ0v) is 10.1. The highest BCUT2D eigenvalue weighted by Crippen LogP contribution is 2.15. The quantitative estimate of drug-likeness (QED) is 0.754. The van der Waals surface area contributed by atoms with Crippen molar-refractivity contribution in [2.24, 2.45) is 0 Å². The predicted molar refractivity (Wildman–Crippen MR) is 66.7 cm³/mol. The molecule has 17 heavy (non-hydrogen) atoms. The Kier molecular flexibility index (Phi) is 3.44. The van der Waals surface area contributed by atoms with Gasteiger partial charge in [0.1, 0.15) is 5.75 Å². The Morgan fingerprint density at radius 1 is 1.24 bits per heavy atom. The highest BCUT2D eigenvalue weighted by molar-refractivity contribution is 5.31. The summed E-state index contributed by atoms with van der Waals surface area (Å²) in [6.07, 6.45) is 0. The van der Waals surface area contributed by atoms with Crippen molar-refractivity contribution in [1.82, 2.24) is 15.5 Å². The minimum absolute atomic E-state index is 0.334. The molecule has 0 bridgehead atoms. The van der Waals surface area contributed by atoms with Gasteiger partial charge < -0.3 is 10.4 Å². The monoisotopic (exact) mass is 231 g/mol. The van der Waals surface area contributed by atoms with Crippen molar-refractivity contribution in [1.29, 1.82) is 0 Å². The summed E-state index contributed by atoms with van der Waals surface area (Å²) in [6, 6.07) is 7.36. The zero-order chi connectivity index (χ0) is 12.3. The topological polar surface area (TPSA) is 60.9 Å². The third-order valence-electron chi connectivity index (χ3n) is 2.89. The number of aromatic nitrogens is 2. The molecule has 2 rings (SSSR count). The van der Waals surface area contributed by atoms with Crippen LogP contribution in [0.15, 0.2) is 24.3 Å². The molecule has 1 aromatic heterocycles. The number of aryl methyl sites for hydroxylation is 2. The summed E-state index contributed by atoms with van der Waals surface area (Å²) in [7, 11) is 0. The van der Waals surface area contributed by atoms with Crippen LogP contribution in [0.4, 0.5) is 0 Å². The molecule has 4 nitrogen and oxygen atoms in total. The van der Waals surface area contributed by atoms with Crippen LogP contribution in [0.1, 0.15) is 22.5 Å².